The van der Waals surface area contributed by atoms with Gasteiger partial charge in [0.2, 0.25) is 15.2 Å². The van der Waals surface area contributed by atoms with E-state index in [2.05, 4.69) is 20.2 Å². The van der Waals surface area contributed by atoms with Gasteiger partial charge in [-0.05, 0) is 48.6 Å². The maximum atomic E-state index is 11.9. The van der Waals surface area contributed by atoms with E-state index in [4.69, 9.17) is 4.74 Å². The molecule has 0 saturated heterocycles. The van der Waals surface area contributed by atoms with Crippen LogP contribution in [0.25, 0.3) is 0 Å². The van der Waals surface area contributed by atoms with Crippen molar-refractivity contribution in [1.82, 2.24) is 14.9 Å². The normalized spacial score (nSPS) is 11.3. The summed E-state index contributed by atoms with van der Waals surface area (Å²) < 4.78 is 31.5. The van der Waals surface area contributed by atoms with E-state index in [0.717, 1.165) is 29.1 Å². The summed E-state index contributed by atoms with van der Waals surface area (Å²) in [7, 11) is -0.941. The third-order valence-corrected chi connectivity index (χ3v) is 7.32. The third kappa shape index (κ3) is 5.24. The Morgan fingerprint density at radius 2 is 1.93 bits per heavy atom. The lowest BCUT2D eigenvalue weighted by Gasteiger charge is -2.05. The van der Waals surface area contributed by atoms with Crippen LogP contribution in [0.3, 0.4) is 0 Å². The minimum atomic E-state index is -3.78. The Hall–Kier alpha value is -2.74. The summed E-state index contributed by atoms with van der Waals surface area (Å²) in [5.74, 6) is 0.767. The van der Waals surface area contributed by atoms with E-state index in [0.29, 0.717) is 16.0 Å². The first kappa shape index (κ1) is 22.0. The molecule has 0 radical (unpaired) electrons. The first-order chi connectivity index (χ1) is 14.3. The van der Waals surface area contributed by atoms with Gasteiger partial charge in [0.15, 0.2) is 4.34 Å². The predicted octanol–water partition coefficient (Wildman–Crippen LogP) is 3.13. The van der Waals surface area contributed by atoms with Crippen LogP contribution in [-0.4, -0.2) is 37.7 Å². The monoisotopic (exact) mass is 467 g/mol. The Morgan fingerprint density at radius 1 is 1.20 bits per heavy atom. The molecule has 0 saturated carbocycles. The van der Waals surface area contributed by atoms with Gasteiger partial charge in [-0.25, -0.2) is 13.1 Å². The highest BCUT2D eigenvalue weighted by molar-refractivity contribution is 8.01. The molecule has 0 aliphatic rings. The van der Waals surface area contributed by atoms with Crippen LogP contribution >= 0.6 is 23.1 Å². The molecule has 0 spiro atoms. The standard InChI is InChI=1S/C17H17N5O5S3/c1-18-30(25,26)13-7-8-15(14(9-13)22(23)24)28-17-21-20-16(29-17)19-10-11-3-5-12(27-2)6-4-11/h3-9,18H,10H2,1-2H3,(H,19,20). The Labute approximate surface area is 180 Å². The van der Waals surface area contributed by atoms with Crippen LogP contribution in [0.4, 0.5) is 10.8 Å². The van der Waals surface area contributed by atoms with Crippen LogP contribution in [0, 0.1) is 10.1 Å². The van der Waals surface area contributed by atoms with Crippen LogP contribution < -0.4 is 14.8 Å². The number of methoxy groups -OCH3 is 1. The number of hydrogen-bond donors (Lipinski definition) is 2. The van der Waals surface area contributed by atoms with Crippen LogP contribution in [0.1, 0.15) is 5.56 Å². The van der Waals surface area contributed by atoms with E-state index in [1.807, 2.05) is 24.3 Å². The fraction of sp³-hybridized carbons (Fsp3) is 0.176. The van der Waals surface area contributed by atoms with Gasteiger partial charge in [0.05, 0.1) is 21.8 Å². The number of ether oxygens (including phenoxy) is 1. The Bertz CT molecular complexity index is 1150. The Kier molecular flexibility index (Phi) is 6.87. The highest BCUT2D eigenvalue weighted by Crippen LogP contribution is 2.38. The van der Waals surface area contributed by atoms with Gasteiger partial charge in [0, 0.05) is 12.6 Å². The summed E-state index contributed by atoms with van der Waals surface area (Å²) in [6, 6.07) is 11.3. The molecule has 0 fully saturated rings. The molecule has 0 amide bonds. The smallest absolute Gasteiger partial charge is 0.284 e. The molecule has 0 unspecified atom stereocenters. The van der Waals surface area contributed by atoms with Crippen molar-refractivity contribution in [2.45, 2.75) is 20.7 Å². The Balaban J connectivity index is 1.72. The zero-order chi connectivity index (χ0) is 21.7. The maximum absolute atomic E-state index is 11.9. The molecule has 10 nitrogen and oxygen atoms in total. The van der Waals surface area contributed by atoms with Gasteiger partial charge in [-0.2, -0.15) is 0 Å². The van der Waals surface area contributed by atoms with Crippen molar-refractivity contribution in [2.24, 2.45) is 0 Å². The molecule has 158 valence electrons. The average Bonchev–Trinajstić information content (AvgIpc) is 3.20. The molecule has 2 N–H and O–H groups in total. The van der Waals surface area contributed by atoms with Crippen molar-refractivity contribution in [3.63, 3.8) is 0 Å². The predicted molar refractivity (Wildman–Crippen MR) is 114 cm³/mol. The number of nitro benzene ring substituents is 1. The van der Waals surface area contributed by atoms with Crippen molar-refractivity contribution in [1.29, 1.82) is 0 Å². The van der Waals surface area contributed by atoms with E-state index < -0.39 is 14.9 Å². The molecular formula is C17H17N5O5S3. The summed E-state index contributed by atoms with van der Waals surface area (Å²) in [4.78, 5) is 10.9. The van der Waals surface area contributed by atoms with Crippen LogP contribution in [-0.2, 0) is 16.6 Å². The van der Waals surface area contributed by atoms with Crippen molar-refractivity contribution < 1.29 is 18.1 Å². The minimum Gasteiger partial charge on any atom is -0.497 e. The van der Waals surface area contributed by atoms with Crippen molar-refractivity contribution in [3.05, 3.63) is 58.1 Å². The summed E-state index contributed by atoms with van der Waals surface area (Å²) in [5.41, 5.74) is 0.705. The topological polar surface area (TPSA) is 136 Å². The molecule has 1 heterocycles. The van der Waals surface area contributed by atoms with E-state index in [9.17, 15) is 18.5 Å². The molecule has 0 bridgehead atoms. The van der Waals surface area contributed by atoms with Gasteiger partial charge in [0.1, 0.15) is 5.75 Å². The largest absolute Gasteiger partial charge is 0.497 e. The number of nitro groups is 1. The highest BCUT2D eigenvalue weighted by Gasteiger charge is 2.22. The maximum Gasteiger partial charge on any atom is 0.284 e. The molecule has 2 aromatic carbocycles. The molecule has 1 aromatic heterocycles. The third-order valence-electron chi connectivity index (χ3n) is 3.91. The molecule has 30 heavy (non-hydrogen) atoms. The lowest BCUT2D eigenvalue weighted by molar-refractivity contribution is -0.388. The second-order valence-electron chi connectivity index (χ2n) is 5.77. The van der Waals surface area contributed by atoms with Crippen molar-refractivity contribution in [3.8, 4) is 5.75 Å². The number of sulfonamides is 1. The number of benzene rings is 2. The number of rotatable bonds is 9. The molecule has 3 rings (SSSR count). The van der Waals surface area contributed by atoms with Gasteiger partial charge in [-0.3, -0.25) is 10.1 Å². The van der Waals surface area contributed by atoms with Gasteiger partial charge in [-0.1, -0.05) is 23.5 Å². The van der Waals surface area contributed by atoms with Crippen molar-refractivity contribution in [2.75, 3.05) is 19.5 Å². The quantitative estimate of drug-likeness (QED) is 0.359. The zero-order valence-corrected chi connectivity index (χ0v) is 18.3. The molecule has 0 aliphatic heterocycles. The van der Waals surface area contributed by atoms with E-state index in [1.165, 1.54) is 30.5 Å². The fourth-order valence-electron chi connectivity index (χ4n) is 2.35. The molecule has 13 heteroatoms. The van der Waals surface area contributed by atoms with Gasteiger partial charge in [-0.15, -0.1) is 10.2 Å². The summed E-state index contributed by atoms with van der Waals surface area (Å²) in [6.45, 7) is 0.528. The first-order valence-electron chi connectivity index (χ1n) is 8.42. The van der Waals surface area contributed by atoms with Gasteiger partial charge in [0.25, 0.3) is 5.69 Å². The first-order valence-corrected chi connectivity index (χ1v) is 11.5. The molecular weight excluding hydrogens is 450 g/mol. The van der Waals surface area contributed by atoms with Gasteiger partial charge < -0.3 is 10.1 Å². The summed E-state index contributed by atoms with van der Waals surface area (Å²) in [5, 5.41) is 23.2. The van der Waals surface area contributed by atoms with E-state index in [1.54, 1.807) is 7.11 Å². The number of nitrogens with one attached hydrogen (secondary N) is 2. The number of anilines is 1. The van der Waals surface area contributed by atoms with Crippen LogP contribution in [0.5, 0.6) is 5.75 Å². The van der Waals surface area contributed by atoms with E-state index in [-0.39, 0.29) is 15.5 Å². The SMILES string of the molecule is CNS(=O)(=O)c1ccc(Sc2nnc(NCc3ccc(OC)cc3)s2)c([N+](=O)[O-])c1. The average molecular weight is 468 g/mol. The summed E-state index contributed by atoms with van der Waals surface area (Å²) >= 11 is 2.29. The second-order valence-corrected chi connectivity index (χ2v) is 9.92. The van der Waals surface area contributed by atoms with Crippen LogP contribution in [0.15, 0.2) is 56.6 Å². The number of aromatic nitrogens is 2. The van der Waals surface area contributed by atoms with Crippen LogP contribution in [0.2, 0.25) is 0 Å². The number of hydrogen-bond acceptors (Lipinski definition) is 10. The fourth-order valence-corrected chi connectivity index (χ4v) is 4.89. The zero-order valence-electron chi connectivity index (χ0n) is 15.9. The molecule has 3 aromatic rings. The second kappa shape index (κ2) is 9.38. The highest BCUT2D eigenvalue weighted by atomic mass is 32.2. The lowest BCUT2D eigenvalue weighted by atomic mass is 10.2. The summed E-state index contributed by atoms with van der Waals surface area (Å²) in [6.07, 6.45) is 0. The van der Waals surface area contributed by atoms with E-state index >= 15 is 0 Å². The van der Waals surface area contributed by atoms with Crippen molar-refractivity contribution >= 4 is 43.9 Å². The molecule has 0 atom stereocenters. The minimum absolute atomic E-state index is 0.180. The van der Waals surface area contributed by atoms with Gasteiger partial charge >= 0.3 is 0 Å². The number of nitrogens with zero attached hydrogens (tertiary/aromatic N) is 3. The Morgan fingerprint density at radius 3 is 2.57 bits per heavy atom. The lowest BCUT2D eigenvalue weighted by Crippen LogP contribution is -2.18. The molecule has 0 aliphatic carbocycles.